The normalized spacial score (nSPS) is 14.8. The van der Waals surface area contributed by atoms with Crippen molar-refractivity contribution in [3.63, 3.8) is 0 Å². The Balaban J connectivity index is 1.71. The Morgan fingerprint density at radius 3 is 2.43 bits per heavy atom. The molecular formula is C15H20N6O2. The van der Waals surface area contributed by atoms with Crippen molar-refractivity contribution in [2.45, 2.75) is 13.8 Å². The van der Waals surface area contributed by atoms with E-state index in [0.29, 0.717) is 36.1 Å². The molecule has 0 atom stereocenters. The first kappa shape index (κ1) is 15.4. The minimum absolute atomic E-state index is 0.198. The van der Waals surface area contributed by atoms with Gasteiger partial charge in [-0.3, -0.25) is 9.48 Å². The highest BCUT2D eigenvalue weighted by atomic mass is 16.5. The maximum atomic E-state index is 12.4. The first-order valence-corrected chi connectivity index (χ1v) is 7.52. The number of hydrogen-bond donors (Lipinski definition) is 1. The van der Waals surface area contributed by atoms with Gasteiger partial charge in [0, 0.05) is 25.8 Å². The molecular weight excluding hydrogens is 296 g/mol. The highest BCUT2D eigenvalue weighted by molar-refractivity contribution is 6.05. The minimum atomic E-state index is -0.198. The monoisotopic (exact) mass is 316 g/mol. The van der Waals surface area contributed by atoms with Gasteiger partial charge in [0.2, 0.25) is 5.95 Å². The van der Waals surface area contributed by atoms with Crippen molar-refractivity contribution in [2.24, 2.45) is 7.05 Å². The van der Waals surface area contributed by atoms with Crippen LogP contribution in [0, 0.1) is 13.8 Å². The molecule has 1 N–H and O–H groups in total. The quantitative estimate of drug-likeness (QED) is 0.906. The van der Waals surface area contributed by atoms with Gasteiger partial charge < -0.3 is 15.0 Å². The lowest BCUT2D eigenvalue weighted by Crippen LogP contribution is -2.37. The second kappa shape index (κ2) is 6.33. The third kappa shape index (κ3) is 3.16. The van der Waals surface area contributed by atoms with E-state index in [0.717, 1.165) is 18.8 Å². The Morgan fingerprint density at radius 1 is 1.22 bits per heavy atom. The molecule has 3 rings (SSSR count). The molecule has 0 bridgehead atoms. The smallest absolute Gasteiger partial charge is 0.259 e. The molecule has 0 saturated carbocycles. The van der Waals surface area contributed by atoms with E-state index in [1.807, 2.05) is 20.9 Å². The van der Waals surface area contributed by atoms with E-state index >= 15 is 0 Å². The zero-order valence-electron chi connectivity index (χ0n) is 13.5. The number of amides is 1. The summed E-state index contributed by atoms with van der Waals surface area (Å²) in [5, 5.41) is 7.08. The third-order valence-electron chi connectivity index (χ3n) is 3.93. The molecule has 1 fully saturated rings. The molecule has 0 aliphatic carbocycles. The number of nitrogens with zero attached hydrogens (tertiary/aromatic N) is 5. The largest absolute Gasteiger partial charge is 0.378 e. The van der Waals surface area contributed by atoms with Gasteiger partial charge >= 0.3 is 0 Å². The van der Waals surface area contributed by atoms with E-state index in [1.54, 1.807) is 17.1 Å². The fraction of sp³-hybridized carbons (Fsp3) is 0.467. The van der Waals surface area contributed by atoms with Gasteiger partial charge in [0.1, 0.15) is 0 Å². The number of aryl methyl sites for hydroxylation is 2. The van der Waals surface area contributed by atoms with Crippen LogP contribution in [0.3, 0.4) is 0 Å². The number of anilines is 2. The number of rotatable bonds is 3. The Bertz CT molecular complexity index is 704. The second-order valence-corrected chi connectivity index (χ2v) is 5.49. The topological polar surface area (TPSA) is 85.2 Å². The number of nitrogens with one attached hydrogen (secondary N) is 1. The summed E-state index contributed by atoms with van der Waals surface area (Å²) in [7, 11) is 1.82. The van der Waals surface area contributed by atoms with Crippen LogP contribution in [-0.4, -0.2) is 52.0 Å². The van der Waals surface area contributed by atoms with Crippen LogP contribution < -0.4 is 10.2 Å². The van der Waals surface area contributed by atoms with Crippen molar-refractivity contribution in [3.05, 3.63) is 29.3 Å². The van der Waals surface area contributed by atoms with Gasteiger partial charge in [-0.15, -0.1) is 0 Å². The lowest BCUT2D eigenvalue weighted by atomic mass is 10.2. The molecule has 0 radical (unpaired) electrons. The molecule has 0 aromatic carbocycles. The van der Waals surface area contributed by atoms with Crippen molar-refractivity contribution in [1.29, 1.82) is 0 Å². The number of morpholine rings is 1. The van der Waals surface area contributed by atoms with Gasteiger partial charge in [0.15, 0.2) is 0 Å². The summed E-state index contributed by atoms with van der Waals surface area (Å²) < 4.78 is 7.01. The van der Waals surface area contributed by atoms with Gasteiger partial charge in [-0.1, -0.05) is 0 Å². The van der Waals surface area contributed by atoms with Crippen molar-refractivity contribution in [2.75, 3.05) is 36.5 Å². The fourth-order valence-corrected chi connectivity index (χ4v) is 2.61. The molecule has 0 spiro atoms. The maximum absolute atomic E-state index is 12.4. The van der Waals surface area contributed by atoms with E-state index in [2.05, 4.69) is 25.3 Å². The lowest BCUT2D eigenvalue weighted by molar-refractivity contribution is 0.102. The molecule has 122 valence electrons. The number of aromatic nitrogens is 4. The number of carbonyl (C=O) groups is 1. The summed E-state index contributed by atoms with van der Waals surface area (Å²) in [5.74, 6) is 0.455. The van der Waals surface area contributed by atoms with Crippen LogP contribution in [0.1, 0.15) is 21.7 Å². The Kier molecular flexibility index (Phi) is 4.24. The SMILES string of the molecule is Cc1nn(C)c(C)c1C(=O)Nc1cnc(N2CCOCC2)nc1. The predicted octanol–water partition coefficient (Wildman–Crippen LogP) is 0.916. The van der Waals surface area contributed by atoms with Crippen LogP contribution in [0.2, 0.25) is 0 Å². The first-order valence-electron chi connectivity index (χ1n) is 7.52. The summed E-state index contributed by atoms with van der Waals surface area (Å²) in [4.78, 5) is 23.1. The van der Waals surface area contributed by atoms with E-state index in [4.69, 9.17) is 4.74 Å². The van der Waals surface area contributed by atoms with Crippen molar-refractivity contribution >= 4 is 17.5 Å². The third-order valence-corrected chi connectivity index (χ3v) is 3.93. The Morgan fingerprint density at radius 2 is 1.87 bits per heavy atom. The maximum Gasteiger partial charge on any atom is 0.259 e. The fourth-order valence-electron chi connectivity index (χ4n) is 2.61. The van der Waals surface area contributed by atoms with Crippen LogP contribution in [-0.2, 0) is 11.8 Å². The van der Waals surface area contributed by atoms with Gasteiger partial charge in [-0.2, -0.15) is 5.10 Å². The molecule has 1 saturated heterocycles. The van der Waals surface area contributed by atoms with E-state index in [9.17, 15) is 4.79 Å². The van der Waals surface area contributed by atoms with Crippen LogP contribution in [0.4, 0.5) is 11.6 Å². The Hall–Kier alpha value is -2.48. The van der Waals surface area contributed by atoms with Crippen LogP contribution in [0.25, 0.3) is 0 Å². The summed E-state index contributed by atoms with van der Waals surface area (Å²) in [6.07, 6.45) is 3.24. The molecule has 0 unspecified atom stereocenters. The van der Waals surface area contributed by atoms with Crippen LogP contribution in [0.15, 0.2) is 12.4 Å². The van der Waals surface area contributed by atoms with Gasteiger partial charge in [-0.25, -0.2) is 9.97 Å². The lowest BCUT2D eigenvalue weighted by Gasteiger charge is -2.26. The van der Waals surface area contributed by atoms with E-state index < -0.39 is 0 Å². The average Bonchev–Trinajstić information content (AvgIpc) is 2.81. The van der Waals surface area contributed by atoms with Crippen LogP contribution in [0.5, 0.6) is 0 Å². The summed E-state index contributed by atoms with van der Waals surface area (Å²) in [6, 6.07) is 0. The van der Waals surface area contributed by atoms with E-state index in [-0.39, 0.29) is 5.91 Å². The highest BCUT2D eigenvalue weighted by Gasteiger charge is 2.18. The summed E-state index contributed by atoms with van der Waals surface area (Å²) in [5.41, 5.74) is 2.68. The van der Waals surface area contributed by atoms with Crippen molar-refractivity contribution in [1.82, 2.24) is 19.7 Å². The Labute approximate surface area is 134 Å². The number of ether oxygens (including phenoxy) is 1. The van der Waals surface area contributed by atoms with Gasteiger partial charge in [0.05, 0.1) is 42.6 Å². The highest BCUT2D eigenvalue weighted by Crippen LogP contribution is 2.16. The molecule has 3 heterocycles. The van der Waals surface area contributed by atoms with Gasteiger partial charge in [-0.05, 0) is 13.8 Å². The molecule has 8 heteroatoms. The minimum Gasteiger partial charge on any atom is -0.378 e. The molecule has 23 heavy (non-hydrogen) atoms. The zero-order chi connectivity index (χ0) is 16.4. The summed E-state index contributed by atoms with van der Waals surface area (Å²) >= 11 is 0. The van der Waals surface area contributed by atoms with Crippen LogP contribution >= 0.6 is 0 Å². The number of carbonyl (C=O) groups excluding carboxylic acids is 1. The molecule has 1 aliphatic rings. The molecule has 8 nitrogen and oxygen atoms in total. The zero-order valence-corrected chi connectivity index (χ0v) is 13.5. The molecule has 1 aliphatic heterocycles. The molecule has 1 amide bonds. The van der Waals surface area contributed by atoms with Crippen molar-refractivity contribution < 1.29 is 9.53 Å². The number of hydrogen-bond acceptors (Lipinski definition) is 6. The summed E-state index contributed by atoms with van der Waals surface area (Å²) in [6.45, 7) is 6.61. The average molecular weight is 316 g/mol. The molecule has 2 aromatic heterocycles. The predicted molar refractivity (Wildman–Crippen MR) is 85.7 cm³/mol. The van der Waals surface area contributed by atoms with Crippen molar-refractivity contribution in [3.8, 4) is 0 Å². The van der Waals surface area contributed by atoms with Gasteiger partial charge in [0.25, 0.3) is 5.91 Å². The first-order chi connectivity index (χ1) is 11.1. The molecule has 2 aromatic rings. The van der Waals surface area contributed by atoms with E-state index in [1.165, 1.54) is 0 Å². The second-order valence-electron chi connectivity index (χ2n) is 5.49. The standard InChI is InChI=1S/C15H20N6O2/c1-10-13(11(2)20(3)19-10)14(22)18-12-8-16-15(17-9-12)21-4-6-23-7-5-21/h8-9H,4-7H2,1-3H3,(H,18,22).